The van der Waals surface area contributed by atoms with Crippen molar-refractivity contribution in [2.24, 2.45) is 5.92 Å². The zero-order chi connectivity index (χ0) is 11.7. The van der Waals surface area contributed by atoms with Crippen LogP contribution in [0.15, 0.2) is 0 Å². The Kier molecular flexibility index (Phi) is 3.14. The van der Waals surface area contributed by atoms with Crippen LogP contribution in [0.2, 0.25) is 0 Å². The molecule has 3 heterocycles. The maximum absolute atomic E-state index is 5.75. The Labute approximate surface area is 102 Å². The third-order valence-corrected chi connectivity index (χ3v) is 3.82. The van der Waals surface area contributed by atoms with E-state index in [0.29, 0.717) is 6.10 Å². The van der Waals surface area contributed by atoms with Crippen molar-refractivity contribution in [3.05, 3.63) is 11.6 Å². The predicted molar refractivity (Wildman–Crippen MR) is 64.8 cm³/mol. The summed E-state index contributed by atoms with van der Waals surface area (Å²) in [7, 11) is 0. The third-order valence-electron chi connectivity index (χ3n) is 3.82. The standard InChI is InChI=1S/C13H21N3O/c1-10-5-6-13-14-12(15-16(13)9-10)8-11-4-2-3-7-17-11/h10-11H,2-9H2,1H3. The molecule has 1 aromatic rings. The summed E-state index contributed by atoms with van der Waals surface area (Å²) in [6.07, 6.45) is 7.24. The first-order chi connectivity index (χ1) is 8.31. The number of aryl methyl sites for hydroxylation is 1. The summed E-state index contributed by atoms with van der Waals surface area (Å²) in [6.45, 7) is 4.23. The highest BCUT2D eigenvalue weighted by molar-refractivity contribution is 4.98. The Hall–Kier alpha value is -0.900. The summed E-state index contributed by atoms with van der Waals surface area (Å²) in [6, 6.07) is 0. The van der Waals surface area contributed by atoms with Crippen molar-refractivity contribution >= 4 is 0 Å². The quantitative estimate of drug-likeness (QED) is 0.787. The SMILES string of the molecule is CC1CCc2nc(CC3CCCCO3)nn2C1. The van der Waals surface area contributed by atoms with Crippen LogP contribution >= 0.6 is 0 Å². The first-order valence-corrected chi connectivity index (χ1v) is 6.85. The van der Waals surface area contributed by atoms with Gasteiger partial charge in [0.25, 0.3) is 0 Å². The van der Waals surface area contributed by atoms with Crippen molar-refractivity contribution < 1.29 is 4.74 Å². The Morgan fingerprint density at radius 3 is 3.12 bits per heavy atom. The summed E-state index contributed by atoms with van der Waals surface area (Å²) >= 11 is 0. The minimum absolute atomic E-state index is 0.352. The van der Waals surface area contributed by atoms with E-state index >= 15 is 0 Å². The molecule has 1 fully saturated rings. The van der Waals surface area contributed by atoms with Crippen molar-refractivity contribution in [3.8, 4) is 0 Å². The number of rotatable bonds is 2. The summed E-state index contributed by atoms with van der Waals surface area (Å²) in [5.41, 5.74) is 0. The van der Waals surface area contributed by atoms with Gasteiger partial charge < -0.3 is 4.74 Å². The normalized spacial score (nSPS) is 29.0. The van der Waals surface area contributed by atoms with Gasteiger partial charge in [-0.05, 0) is 31.6 Å². The van der Waals surface area contributed by atoms with Gasteiger partial charge in [-0.3, -0.25) is 0 Å². The van der Waals surface area contributed by atoms with E-state index in [-0.39, 0.29) is 0 Å². The highest BCUT2D eigenvalue weighted by atomic mass is 16.5. The maximum atomic E-state index is 5.75. The number of fused-ring (bicyclic) bond motifs is 1. The molecule has 1 saturated heterocycles. The second-order valence-electron chi connectivity index (χ2n) is 5.46. The van der Waals surface area contributed by atoms with Gasteiger partial charge in [0, 0.05) is 26.0 Å². The Morgan fingerprint density at radius 1 is 1.35 bits per heavy atom. The van der Waals surface area contributed by atoms with Crippen molar-refractivity contribution in [2.45, 2.75) is 58.1 Å². The van der Waals surface area contributed by atoms with E-state index in [9.17, 15) is 0 Å². The second kappa shape index (κ2) is 4.77. The number of ether oxygens (including phenoxy) is 1. The fourth-order valence-corrected chi connectivity index (χ4v) is 2.78. The first-order valence-electron chi connectivity index (χ1n) is 6.85. The van der Waals surface area contributed by atoms with Crippen LogP contribution in [0.3, 0.4) is 0 Å². The lowest BCUT2D eigenvalue weighted by Gasteiger charge is -2.21. The molecule has 17 heavy (non-hydrogen) atoms. The van der Waals surface area contributed by atoms with E-state index in [0.717, 1.165) is 37.7 Å². The van der Waals surface area contributed by atoms with Crippen LogP contribution in [0.4, 0.5) is 0 Å². The van der Waals surface area contributed by atoms with E-state index in [1.807, 2.05) is 0 Å². The van der Waals surface area contributed by atoms with Crippen LogP contribution in [0, 0.1) is 5.92 Å². The summed E-state index contributed by atoms with van der Waals surface area (Å²) in [4.78, 5) is 4.65. The molecule has 4 nitrogen and oxygen atoms in total. The third kappa shape index (κ3) is 2.51. The molecule has 2 aliphatic heterocycles. The average molecular weight is 235 g/mol. The molecule has 0 N–H and O–H groups in total. The first kappa shape index (κ1) is 11.2. The monoisotopic (exact) mass is 235 g/mol. The molecule has 3 rings (SSSR count). The molecule has 2 unspecified atom stereocenters. The predicted octanol–water partition coefficient (Wildman–Crippen LogP) is 1.97. The zero-order valence-electron chi connectivity index (χ0n) is 10.6. The average Bonchev–Trinajstić information content (AvgIpc) is 2.71. The molecule has 0 spiro atoms. The molecule has 0 amide bonds. The summed E-state index contributed by atoms with van der Waals surface area (Å²) in [5, 5.41) is 4.62. The highest BCUT2D eigenvalue weighted by Gasteiger charge is 2.21. The van der Waals surface area contributed by atoms with Crippen molar-refractivity contribution in [3.63, 3.8) is 0 Å². The van der Waals surface area contributed by atoms with E-state index in [2.05, 4.69) is 21.7 Å². The topological polar surface area (TPSA) is 39.9 Å². The van der Waals surface area contributed by atoms with Gasteiger partial charge in [-0.15, -0.1) is 0 Å². The zero-order valence-corrected chi connectivity index (χ0v) is 10.6. The number of hydrogen-bond donors (Lipinski definition) is 0. The lowest BCUT2D eigenvalue weighted by molar-refractivity contribution is 0.0156. The molecular formula is C13H21N3O. The molecule has 4 heteroatoms. The molecule has 2 atom stereocenters. The fourth-order valence-electron chi connectivity index (χ4n) is 2.78. The van der Waals surface area contributed by atoms with Crippen molar-refractivity contribution in [1.29, 1.82) is 0 Å². The fraction of sp³-hybridized carbons (Fsp3) is 0.846. The Balaban J connectivity index is 1.67. The minimum Gasteiger partial charge on any atom is -0.378 e. The lowest BCUT2D eigenvalue weighted by Crippen LogP contribution is -2.22. The second-order valence-corrected chi connectivity index (χ2v) is 5.46. The smallest absolute Gasteiger partial charge is 0.153 e. The van der Waals surface area contributed by atoms with Crippen LogP contribution in [-0.2, 0) is 24.1 Å². The number of hydrogen-bond acceptors (Lipinski definition) is 3. The van der Waals surface area contributed by atoms with Crippen LogP contribution in [0.1, 0.15) is 44.3 Å². The van der Waals surface area contributed by atoms with E-state index < -0.39 is 0 Å². The van der Waals surface area contributed by atoms with E-state index in [1.165, 1.54) is 31.5 Å². The van der Waals surface area contributed by atoms with Gasteiger partial charge in [0.05, 0.1) is 6.10 Å². The minimum atomic E-state index is 0.352. The molecule has 0 aromatic carbocycles. The van der Waals surface area contributed by atoms with E-state index in [4.69, 9.17) is 4.74 Å². The van der Waals surface area contributed by atoms with Crippen LogP contribution in [0.5, 0.6) is 0 Å². The van der Waals surface area contributed by atoms with Gasteiger partial charge in [0.15, 0.2) is 5.82 Å². The van der Waals surface area contributed by atoms with E-state index in [1.54, 1.807) is 0 Å². The van der Waals surface area contributed by atoms with Gasteiger partial charge in [-0.2, -0.15) is 5.10 Å². The summed E-state index contributed by atoms with van der Waals surface area (Å²) < 4.78 is 7.85. The van der Waals surface area contributed by atoms with Crippen molar-refractivity contribution in [1.82, 2.24) is 14.8 Å². The number of nitrogens with zero attached hydrogens (tertiary/aromatic N) is 3. The molecule has 94 valence electrons. The molecule has 0 bridgehead atoms. The molecule has 0 saturated carbocycles. The van der Waals surface area contributed by atoms with Crippen LogP contribution < -0.4 is 0 Å². The van der Waals surface area contributed by atoms with Gasteiger partial charge >= 0.3 is 0 Å². The number of aromatic nitrogens is 3. The van der Waals surface area contributed by atoms with Crippen LogP contribution in [0.25, 0.3) is 0 Å². The van der Waals surface area contributed by atoms with Gasteiger partial charge in [-0.25, -0.2) is 9.67 Å². The molecule has 2 aliphatic rings. The van der Waals surface area contributed by atoms with Crippen molar-refractivity contribution in [2.75, 3.05) is 6.61 Å². The van der Waals surface area contributed by atoms with Gasteiger partial charge in [-0.1, -0.05) is 6.92 Å². The molecule has 0 aliphatic carbocycles. The Bertz CT molecular complexity index is 382. The molecular weight excluding hydrogens is 214 g/mol. The lowest BCUT2D eigenvalue weighted by atomic mass is 10.0. The highest BCUT2D eigenvalue weighted by Crippen LogP contribution is 2.20. The van der Waals surface area contributed by atoms with Crippen LogP contribution in [-0.4, -0.2) is 27.5 Å². The maximum Gasteiger partial charge on any atom is 0.153 e. The largest absolute Gasteiger partial charge is 0.378 e. The molecule has 1 aromatic heterocycles. The molecule has 0 radical (unpaired) electrons. The summed E-state index contributed by atoms with van der Waals surface area (Å²) in [5.74, 6) is 2.90. The Morgan fingerprint density at radius 2 is 2.29 bits per heavy atom. The van der Waals surface area contributed by atoms with Gasteiger partial charge in [0.2, 0.25) is 0 Å². The van der Waals surface area contributed by atoms with Gasteiger partial charge in [0.1, 0.15) is 5.82 Å².